The second-order valence-corrected chi connectivity index (χ2v) is 7.48. The number of carbonyl (C=O) groups is 1. The molecule has 0 aromatic heterocycles. The molecule has 120 valence electrons. The van der Waals surface area contributed by atoms with Crippen molar-refractivity contribution in [2.24, 2.45) is 17.6 Å². The number of hydrogen-bond donors (Lipinski definition) is 1. The lowest BCUT2D eigenvalue weighted by Gasteiger charge is -2.34. The van der Waals surface area contributed by atoms with Gasteiger partial charge in [0.1, 0.15) is 0 Å². The number of halogens is 2. The van der Waals surface area contributed by atoms with Gasteiger partial charge in [0.05, 0.1) is 10.0 Å². The first-order valence-corrected chi connectivity index (χ1v) is 8.72. The first-order chi connectivity index (χ1) is 10.5. The fourth-order valence-corrected chi connectivity index (χ4v) is 3.76. The number of nitrogens with two attached hydrogens (primary N) is 1. The van der Waals surface area contributed by atoms with Gasteiger partial charge in [-0.05, 0) is 55.7 Å². The van der Waals surface area contributed by atoms with Gasteiger partial charge in [-0.2, -0.15) is 0 Å². The van der Waals surface area contributed by atoms with Gasteiger partial charge in [-0.3, -0.25) is 4.79 Å². The molecule has 22 heavy (non-hydrogen) atoms. The van der Waals surface area contributed by atoms with Gasteiger partial charge in [-0.15, -0.1) is 0 Å². The van der Waals surface area contributed by atoms with E-state index in [1.54, 1.807) is 0 Å². The summed E-state index contributed by atoms with van der Waals surface area (Å²) in [7, 11) is 0. The Kier molecular flexibility index (Phi) is 4.67. The highest BCUT2D eigenvalue weighted by molar-refractivity contribution is 6.42. The lowest BCUT2D eigenvalue weighted by Crippen LogP contribution is -2.45. The highest BCUT2D eigenvalue weighted by atomic mass is 35.5. The molecule has 2 aliphatic rings. The summed E-state index contributed by atoms with van der Waals surface area (Å²) >= 11 is 12.0. The second kappa shape index (κ2) is 6.38. The fourth-order valence-electron chi connectivity index (χ4n) is 3.45. The van der Waals surface area contributed by atoms with Crippen LogP contribution in [0.5, 0.6) is 0 Å². The molecule has 1 saturated heterocycles. The Bertz CT molecular complexity index is 576. The maximum absolute atomic E-state index is 12.7. The van der Waals surface area contributed by atoms with E-state index < -0.39 is 0 Å². The minimum atomic E-state index is 0.101. The third-order valence-corrected chi connectivity index (χ3v) is 5.73. The summed E-state index contributed by atoms with van der Waals surface area (Å²) < 4.78 is 0. The van der Waals surface area contributed by atoms with Crippen LogP contribution in [0.4, 0.5) is 0 Å². The Hall–Kier alpha value is -0.770. The highest BCUT2D eigenvalue weighted by Gasteiger charge is 2.46. The van der Waals surface area contributed by atoms with E-state index in [-0.39, 0.29) is 23.8 Å². The van der Waals surface area contributed by atoms with E-state index in [2.05, 4.69) is 0 Å². The molecule has 1 heterocycles. The molecule has 0 unspecified atom stereocenters. The zero-order valence-corrected chi connectivity index (χ0v) is 14.3. The number of benzene rings is 1. The Morgan fingerprint density at radius 2 is 2.14 bits per heavy atom. The zero-order chi connectivity index (χ0) is 15.9. The molecular weight excluding hydrogens is 319 g/mol. The van der Waals surface area contributed by atoms with Gasteiger partial charge in [0.15, 0.2) is 0 Å². The largest absolute Gasteiger partial charge is 0.342 e. The van der Waals surface area contributed by atoms with Gasteiger partial charge in [0.2, 0.25) is 5.91 Å². The van der Waals surface area contributed by atoms with E-state index in [0.29, 0.717) is 16.0 Å². The van der Waals surface area contributed by atoms with Crippen LogP contribution in [0, 0.1) is 11.8 Å². The van der Waals surface area contributed by atoms with Crippen molar-refractivity contribution in [2.45, 2.75) is 38.1 Å². The molecule has 1 aromatic carbocycles. The van der Waals surface area contributed by atoms with Gasteiger partial charge < -0.3 is 10.6 Å². The van der Waals surface area contributed by atoms with Crippen molar-refractivity contribution in [3.8, 4) is 0 Å². The molecule has 0 bridgehead atoms. The number of amides is 1. The average molecular weight is 341 g/mol. The van der Waals surface area contributed by atoms with Crippen LogP contribution < -0.4 is 5.73 Å². The van der Waals surface area contributed by atoms with Gasteiger partial charge in [0, 0.05) is 25.0 Å². The van der Waals surface area contributed by atoms with Crippen LogP contribution >= 0.6 is 23.2 Å². The topological polar surface area (TPSA) is 46.3 Å². The van der Waals surface area contributed by atoms with Crippen molar-refractivity contribution < 1.29 is 4.79 Å². The molecule has 1 aliphatic heterocycles. The summed E-state index contributed by atoms with van der Waals surface area (Å²) in [5.41, 5.74) is 7.12. The predicted molar refractivity (Wildman–Crippen MR) is 90.3 cm³/mol. The number of likely N-dealkylation sites (tertiary alicyclic amines) is 1. The van der Waals surface area contributed by atoms with Crippen molar-refractivity contribution in [1.82, 2.24) is 4.90 Å². The third kappa shape index (κ3) is 3.27. The van der Waals surface area contributed by atoms with Gasteiger partial charge in [-0.25, -0.2) is 0 Å². The highest BCUT2D eigenvalue weighted by Crippen LogP contribution is 2.49. The van der Waals surface area contributed by atoms with Gasteiger partial charge in [-0.1, -0.05) is 29.3 Å². The molecule has 4 atom stereocenters. The summed E-state index contributed by atoms with van der Waals surface area (Å²) in [6.45, 7) is 3.71. The minimum Gasteiger partial charge on any atom is -0.342 e. The molecular formula is C17H22Cl2N2O. The van der Waals surface area contributed by atoms with E-state index in [1.807, 2.05) is 30.0 Å². The zero-order valence-electron chi connectivity index (χ0n) is 12.8. The lowest BCUT2D eigenvalue weighted by atomic mass is 9.92. The van der Waals surface area contributed by atoms with Crippen molar-refractivity contribution in [3.63, 3.8) is 0 Å². The molecule has 1 aromatic rings. The summed E-state index contributed by atoms with van der Waals surface area (Å²) in [4.78, 5) is 14.7. The van der Waals surface area contributed by atoms with Gasteiger partial charge >= 0.3 is 0 Å². The lowest BCUT2D eigenvalue weighted by molar-refractivity contribution is -0.134. The molecule has 3 rings (SSSR count). The monoisotopic (exact) mass is 340 g/mol. The van der Waals surface area contributed by atoms with E-state index in [1.165, 1.54) is 0 Å². The van der Waals surface area contributed by atoms with Gasteiger partial charge in [0.25, 0.3) is 0 Å². The second-order valence-electron chi connectivity index (χ2n) is 6.67. The van der Waals surface area contributed by atoms with E-state index >= 15 is 0 Å². The van der Waals surface area contributed by atoms with Crippen molar-refractivity contribution in [3.05, 3.63) is 33.8 Å². The van der Waals surface area contributed by atoms with Crippen molar-refractivity contribution in [1.29, 1.82) is 0 Å². The average Bonchev–Trinajstić information content (AvgIpc) is 3.30. The molecule has 1 amide bonds. The molecule has 1 saturated carbocycles. The number of nitrogens with zero attached hydrogens (tertiary/aromatic N) is 1. The van der Waals surface area contributed by atoms with E-state index in [0.717, 1.165) is 37.9 Å². The Balaban J connectivity index is 1.63. The SMILES string of the molecule is C[C@H](N)[C@@H]1CCCN(C(=O)[C@H]2C[C@@H]2c2ccc(Cl)c(Cl)c2)C1. The van der Waals surface area contributed by atoms with Crippen LogP contribution in [0.1, 0.15) is 37.7 Å². The quantitative estimate of drug-likeness (QED) is 0.912. The van der Waals surface area contributed by atoms with Crippen LogP contribution in [0.3, 0.4) is 0 Å². The number of piperidine rings is 1. The third-order valence-electron chi connectivity index (χ3n) is 4.99. The Morgan fingerprint density at radius 1 is 1.36 bits per heavy atom. The van der Waals surface area contributed by atoms with Crippen LogP contribution in [-0.4, -0.2) is 29.9 Å². The molecule has 1 aliphatic carbocycles. The van der Waals surface area contributed by atoms with Crippen LogP contribution in [0.15, 0.2) is 18.2 Å². The standard InChI is InChI=1S/C17H22Cl2N2O/c1-10(20)12-3-2-6-21(9-12)17(22)14-8-13(14)11-4-5-15(18)16(19)7-11/h4-5,7,10,12-14H,2-3,6,8-9,20H2,1H3/t10-,12+,13+,14-/m0/s1. The summed E-state index contributed by atoms with van der Waals surface area (Å²) in [5.74, 6) is 1.10. The first-order valence-electron chi connectivity index (χ1n) is 7.96. The summed E-state index contributed by atoms with van der Waals surface area (Å²) in [5, 5.41) is 1.12. The smallest absolute Gasteiger partial charge is 0.226 e. The normalized spacial score (nSPS) is 29.3. The molecule has 2 N–H and O–H groups in total. The molecule has 0 spiro atoms. The van der Waals surface area contributed by atoms with Crippen LogP contribution in [0.25, 0.3) is 0 Å². The molecule has 2 fully saturated rings. The molecule has 0 radical (unpaired) electrons. The maximum Gasteiger partial charge on any atom is 0.226 e. The number of rotatable bonds is 3. The fraction of sp³-hybridized carbons (Fsp3) is 0.588. The summed E-state index contributed by atoms with van der Waals surface area (Å²) in [6.07, 6.45) is 3.10. The van der Waals surface area contributed by atoms with Crippen molar-refractivity contribution in [2.75, 3.05) is 13.1 Å². The predicted octanol–water partition coefficient (Wildman–Crippen LogP) is 3.68. The van der Waals surface area contributed by atoms with Crippen molar-refractivity contribution >= 4 is 29.1 Å². The minimum absolute atomic E-state index is 0.101. The van der Waals surface area contributed by atoms with E-state index in [4.69, 9.17) is 28.9 Å². The van der Waals surface area contributed by atoms with E-state index in [9.17, 15) is 4.79 Å². The Morgan fingerprint density at radius 3 is 2.82 bits per heavy atom. The number of carbonyl (C=O) groups excluding carboxylic acids is 1. The number of hydrogen-bond acceptors (Lipinski definition) is 2. The summed E-state index contributed by atoms with van der Waals surface area (Å²) in [6, 6.07) is 5.84. The van der Waals surface area contributed by atoms with Crippen LogP contribution in [-0.2, 0) is 4.79 Å². The van der Waals surface area contributed by atoms with Crippen LogP contribution in [0.2, 0.25) is 10.0 Å². The first kappa shape index (κ1) is 16.1. The molecule has 3 nitrogen and oxygen atoms in total. The molecule has 5 heteroatoms. The Labute approximate surface area is 141 Å². The maximum atomic E-state index is 12.7.